The van der Waals surface area contributed by atoms with Crippen molar-refractivity contribution in [1.82, 2.24) is 5.32 Å². The number of carbonyl (C=O) groups excluding carboxylic acids is 1. The molecule has 3 aromatic rings. The summed E-state index contributed by atoms with van der Waals surface area (Å²) in [5.74, 6) is -1.35. The van der Waals surface area contributed by atoms with Crippen molar-refractivity contribution in [2.75, 3.05) is 0 Å². The molecule has 1 amide bonds. The third kappa shape index (κ3) is 3.73. The summed E-state index contributed by atoms with van der Waals surface area (Å²) in [5, 5.41) is 11.8. The van der Waals surface area contributed by atoms with Crippen molar-refractivity contribution in [2.45, 2.75) is 6.04 Å². The van der Waals surface area contributed by atoms with E-state index in [2.05, 4.69) is 5.32 Å². The number of nitriles is 1. The SMILES string of the molecule is N#CC(NC(=O)c1ccc(-c2ccc(F)cc2)s1)c1ccccc1F. The van der Waals surface area contributed by atoms with E-state index in [4.69, 9.17) is 0 Å². The Hall–Kier alpha value is -3.04. The molecule has 0 radical (unpaired) electrons. The molecule has 0 spiro atoms. The Morgan fingerprint density at radius 3 is 2.44 bits per heavy atom. The molecule has 0 fully saturated rings. The van der Waals surface area contributed by atoms with Crippen LogP contribution < -0.4 is 5.32 Å². The standard InChI is InChI=1S/C19H12F2N2OS/c20-13-7-5-12(6-8-13)17-9-10-18(25-17)19(24)23-16(11-22)14-3-1-2-4-15(14)21/h1-10,16H,(H,23,24). The minimum atomic E-state index is -1.08. The van der Waals surface area contributed by atoms with Gasteiger partial charge in [0, 0.05) is 10.4 Å². The van der Waals surface area contributed by atoms with E-state index in [-0.39, 0.29) is 11.4 Å². The Kier molecular flexibility index (Phi) is 4.87. The van der Waals surface area contributed by atoms with Gasteiger partial charge in [0.25, 0.3) is 5.91 Å². The van der Waals surface area contributed by atoms with Gasteiger partial charge in [0.2, 0.25) is 0 Å². The fourth-order valence-corrected chi connectivity index (χ4v) is 3.23. The minimum absolute atomic E-state index is 0.119. The zero-order valence-corrected chi connectivity index (χ0v) is 13.7. The molecule has 0 saturated carbocycles. The van der Waals surface area contributed by atoms with Crippen LogP contribution in [0.15, 0.2) is 60.7 Å². The van der Waals surface area contributed by atoms with Gasteiger partial charge in [-0.1, -0.05) is 30.3 Å². The molecule has 124 valence electrons. The highest BCUT2D eigenvalue weighted by Gasteiger charge is 2.19. The van der Waals surface area contributed by atoms with E-state index >= 15 is 0 Å². The first-order valence-electron chi connectivity index (χ1n) is 7.39. The minimum Gasteiger partial charge on any atom is -0.332 e. The van der Waals surface area contributed by atoms with Gasteiger partial charge in [-0.15, -0.1) is 11.3 Å². The highest BCUT2D eigenvalue weighted by Crippen LogP contribution is 2.28. The highest BCUT2D eigenvalue weighted by molar-refractivity contribution is 7.17. The van der Waals surface area contributed by atoms with Gasteiger partial charge in [-0.25, -0.2) is 8.78 Å². The molecule has 1 N–H and O–H groups in total. The van der Waals surface area contributed by atoms with Gasteiger partial charge in [-0.2, -0.15) is 5.26 Å². The lowest BCUT2D eigenvalue weighted by Crippen LogP contribution is -2.27. The van der Waals surface area contributed by atoms with E-state index in [1.807, 2.05) is 6.07 Å². The summed E-state index contributed by atoms with van der Waals surface area (Å²) in [5.41, 5.74) is 0.907. The summed E-state index contributed by atoms with van der Waals surface area (Å²) < 4.78 is 26.8. The predicted octanol–water partition coefficient (Wildman–Crippen LogP) is 4.69. The summed E-state index contributed by atoms with van der Waals surface area (Å²) in [6.45, 7) is 0. The summed E-state index contributed by atoms with van der Waals surface area (Å²) in [7, 11) is 0. The Balaban J connectivity index is 1.79. The molecule has 3 nitrogen and oxygen atoms in total. The molecule has 3 rings (SSSR count). The highest BCUT2D eigenvalue weighted by atomic mass is 32.1. The Labute approximate surface area is 147 Å². The van der Waals surface area contributed by atoms with E-state index in [0.29, 0.717) is 4.88 Å². The van der Waals surface area contributed by atoms with Crippen LogP contribution in [0, 0.1) is 23.0 Å². The van der Waals surface area contributed by atoms with Gasteiger partial charge in [-0.05, 0) is 35.9 Å². The van der Waals surface area contributed by atoms with Gasteiger partial charge in [0.1, 0.15) is 17.7 Å². The van der Waals surface area contributed by atoms with E-state index in [1.54, 1.807) is 30.3 Å². The quantitative estimate of drug-likeness (QED) is 0.739. The van der Waals surface area contributed by atoms with E-state index in [0.717, 1.165) is 10.4 Å². The smallest absolute Gasteiger partial charge is 0.262 e. The zero-order chi connectivity index (χ0) is 17.8. The molecule has 1 atom stereocenters. The van der Waals surface area contributed by atoms with Crippen LogP contribution in [0.25, 0.3) is 10.4 Å². The number of nitrogens with zero attached hydrogens (tertiary/aromatic N) is 1. The largest absolute Gasteiger partial charge is 0.332 e. The van der Waals surface area contributed by atoms with Gasteiger partial charge >= 0.3 is 0 Å². The maximum absolute atomic E-state index is 13.8. The molecule has 0 aliphatic rings. The molecule has 1 heterocycles. The lowest BCUT2D eigenvalue weighted by molar-refractivity contribution is 0.0949. The second kappa shape index (κ2) is 7.24. The van der Waals surface area contributed by atoms with Crippen molar-refractivity contribution in [3.05, 3.63) is 82.7 Å². The van der Waals surface area contributed by atoms with Crippen LogP contribution >= 0.6 is 11.3 Å². The zero-order valence-electron chi connectivity index (χ0n) is 12.9. The second-order valence-electron chi connectivity index (χ2n) is 5.23. The van der Waals surface area contributed by atoms with E-state index in [1.165, 1.54) is 41.7 Å². The van der Waals surface area contributed by atoms with Crippen molar-refractivity contribution in [3.63, 3.8) is 0 Å². The molecule has 25 heavy (non-hydrogen) atoms. The van der Waals surface area contributed by atoms with Crippen LogP contribution in [-0.4, -0.2) is 5.91 Å². The summed E-state index contributed by atoms with van der Waals surface area (Å²) in [6, 6.07) is 15.9. The predicted molar refractivity (Wildman–Crippen MR) is 91.9 cm³/mol. The second-order valence-corrected chi connectivity index (χ2v) is 6.31. The maximum Gasteiger partial charge on any atom is 0.262 e. The number of hydrogen-bond acceptors (Lipinski definition) is 3. The molecule has 0 saturated heterocycles. The molecule has 0 bridgehead atoms. The number of benzene rings is 2. The number of rotatable bonds is 4. The monoisotopic (exact) mass is 354 g/mol. The molecule has 1 unspecified atom stereocenters. The van der Waals surface area contributed by atoms with Gasteiger partial charge in [0.05, 0.1) is 10.9 Å². The summed E-state index contributed by atoms with van der Waals surface area (Å²) >= 11 is 1.21. The number of nitrogens with one attached hydrogen (secondary N) is 1. The fourth-order valence-electron chi connectivity index (χ4n) is 2.32. The van der Waals surface area contributed by atoms with Crippen LogP contribution in [0.3, 0.4) is 0 Å². The van der Waals surface area contributed by atoms with Crippen LogP contribution in [0.2, 0.25) is 0 Å². The average molecular weight is 354 g/mol. The van der Waals surface area contributed by atoms with Crippen molar-refractivity contribution in [3.8, 4) is 16.5 Å². The number of halogens is 2. The number of carbonyl (C=O) groups is 1. The lowest BCUT2D eigenvalue weighted by atomic mass is 10.1. The Morgan fingerprint density at radius 2 is 1.76 bits per heavy atom. The van der Waals surface area contributed by atoms with E-state index < -0.39 is 17.8 Å². The van der Waals surface area contributed by atoms with Crippen molar-refractivity contribution in [1.29, 1.82) is 5.26 Å². The van der Waals surface area contributed by atoms with Crippen molar-refractivity contribution in [2.24, 2.45) is 0 Å². The van der Waals surface area contributed by atoms with Crippen LogP contribution in [0.5, 0.6) is 0 Å². The molecule has 2 aromatic carbocycles. The third-order valence-corrected chi connectivity index (χ3v) is 4.71. The maximum atomic E-state index is 13.8. The molecular weight excluding hydrogens is 342 g/mol. The number of thiophene rings is 1. The van der Waals surface area contributed by atoms with Crippen molar-refractivity contribution < 1.29 is 13.6 Å². The average Bonchev–Trinajstić information content (AvgIpc) is 3.11. The van der Waals surface area contributed by atoms with Gasteiger partial charge in [0.15, 0.2) is 0 Å². The number of amides is 1. The normalized spacial score (nSPS) is 11.6. The number of hydrogen-bond donors (Lipinski definition) is 1. The van der Waals surface area contributed by atoms with E-state index in [9.17, 15) is 18.8 Å². The lowest BCUT2D eigenvalue weighted by Gasteiger charge is -2.11. The molecule has 6 heteroatoms. The summed E-state index contributed by atoms with van der Waals surface area (Å²) in [6.07, 6.45) is 0. The van der Waals surface area contributed by atoms with Gasteiger partial charge in [-0.3, -0.25) is 4.79 Å². The first-order chi connectivity index (χ1) is 12.1. The molecule has 1 aromatic heterocycles. The Bertz CT molecular complexity index is 945. The topological polar surface area (TPSA) is 52.9 Å². The third-order valence-electron chi connectivity index (χ3n) is 3.58. The van der Waals surface area contributed by atoms with Crippen LogP contribution in [0.1, 0.15) is 21.3 Å². The summed E-state index contributed by atoms with van der Waals surface area (Å²) in [4.78, 5) is 13.5. The molecule has 0 aliphatic heterocycles. The van der Waals surface area contributed by atoms with Crippen LogP contribution in [0.4, 0.5) is 8.78 Å². The first-order valence-corrected chi connectivity index (χ1v) is 8.21. The first kappa shape index (κ1) is 16.8. The van der Waals surface area contributed by atoms with Crippen LogP contribution in [-0.2, 0) is 0 Å². The Morgan fingerprint density at radius 1 is 1.04 bits per heavy atom. The molecular formula is C19H12F2N2OS. The van der Waals surface area contributed by atoms with Crippen molar-refractivity contribution >= 4 is 17.2 Å². The molecule has 0 aliphatic carbocycles. The fraction of sp³-hybridized carbons (Fsp3) is 0.0526. The van der Waals surface area contributed by atoms with Gasteiger partial charge < -0.3 is 5.32 Å².